The van der Waals surface area contributed by atoms with Gasteiger partial charge in [0.15, 0.2) is 11.6 Å². The SMILES string of the molecule is CC(=O)c1ccc(Cn2c(/C=C/C(=O)O)c(C(=O)c3ccc4ccccc4c3)c3cc(OCc4ccccc4)ccc32)cc1. The lowest BCUT2D eigenvalue weighted by Crippen LogP contribution is -2.07. The summed E-state index contributed by atoms with van der Waals surface area (Å²) in [6, 6.07) is 36.1. The smallest absolute Gasteiger partial charge is 0.328 e. The second-order valence-electron chi connectivity index (χ2n) is 10.6. The summed E-state index contributed by atoms with van der Waals surface area (Å²) in [5, 5.41) is 12.2. The number of carbonyl (C=O) groups is 3. The Kier molecular flexibility index (Phi) is 7.89. The number of ketones is 2. The summed E-state index contributed by atoms with van der Waals surface area (Å²) in [5.41, 5.74) is 4.61. The van der Waals surface area contributed by atoms with Crippen molar-refractivity contribution in [2.75, 3.05) is 0 Å². The van der Waals surface area contributed by atoms with Crippen LogP contribution in [0, 0.1) is 0 Å². The first-order valence-electron chi connectivity index (χ1n) is 14.2. The minimum absolute atomic E-state index is 0.0284. The zero-order valence-corrected chi connectivity index (χ0v) is 24.1. The second-order valence-corrected chi connectivity index (χ2v) is 10.6. The van der Waals surface area contributed by atoms with Gasteiger partial charge < -0.3 is 14.4 Å². The molecule has 0 aliphatic heterocycles. The van der Waals surface area contributed by atoms with Crippen LogP contribution in [0.1, 0.15) is 50.0 Å². The molecule has 1 N–H and O–H groups in total. The number of carboxylic acid groups (broad SMARTS) is 1. The molecule has 6 rings (SSSR count). The summed E-state index contributed by atoms with van der Waals surface area (Å²) >= 11 is 0. The molecule has 0 bridgehead atoms. The predicted molar refractivity (Wildman–Crippen MR) is 172 cm³/mol. The first-order valence-corrected chi connectivity index (χ1v) is 14.2. The number of ether oxygens (including phenoxy) is 1. The lowest BCUT2D eigenvalue weighted by molar-refractivity contribution is -0.131. The van der Waals surface area contributed by atoms with Gasteiger partial charge in [0.05, 0.1) is 11.3 Å². The average molecular weight is 580 g/mol. The van der Waals surface area contributed by atoms with E-state index in [1.54, 1.807) is 18.2 Å². The van der Waals surface area contributed by atoms with Crippen molar-refractivity contribution in [3.05, 3.63) is 155 Å². The van der Waals surface area contributed by atoms with Gasteiger partial charge in [0.1, 0.15) is 12.4 Å². The predicted octanol–water partition coefficient (Wildman–Crippen LogP) is 7.95. The highest BCUT2D eigenvalue weighted by Gasteiger charge is 2.24. The largest absolute Gasteiger partial charge is 0.489 e. The van der Waals surface area contributed by atoms with Crippen LogP contribution < -0.4 is 4.74 Å². The van der Waals surface area contributed by atoms with E-state index in [0.717, 1.165) is 33.5 Å². The van der Waals surface area contributed by atoms with Gasteiger partial charge in [-0.15, -0.1) is 0 Å². The molecule has 0 atom stereocenters. The van der Waals surface area contributed by atoms with Crippen LogP contribution in [0.5, 0.6) is 5.75 Å². The zero-order chi connectivity index (χ0) is 30.6. The van der Waals surface area contributed by atoms with Crippen LogP contribution in [-0.2, 0) is 17.9 Å². The van der Waals surface area contributed by atoms with E-state index in [4.69, 9.17) is 4.74 Å². The number of fused-ring (bicyclic) bond motifs is 2. The Morgan fingerprint density at radius 3 is 2.18 bits per heavy atom. The van der Waals surface area contributed by atoms with Crippen molar-refractivity contribution < 1.29 is 24.2 Å². The number of Topliss-reactive ketones (excluding diaryl/α,β-unsaturated/α-hetero) is 1. The first kappa shape index (κ1) is 28.4. The van der Waals surface area contributed by atoms with E-state index in [-0.39, 0.29) is 11.6 Å². The van der Waals surface area contributed by atoms with Crippen LogP contribution in [0.15, 0.2) is 121 Å². The monoisotopic (exact) mass is 579 g/mol. The molecule has 0 amide bonds. The van der Waals surface area contributed by atoms with Crippen molar-refractivity contribution in [2.24, 2.45) is 0 Å². The van der Waals surface area contributed by atoms with Crippen LogP contribution >= 0.6 is 0 Å². The van der Waals surface area contributed by atoms with Gasteiger partial charge in [0, 0.05) is 34.7 Å². The fourth-order valence-electron chi connectivity index (χ4n) is 5.42. The summed E-state index contributed by atoms with van der Waals surface area (Å²) in [6.07, 6.45) is 2.53. The molecule has 0 aliphatic carbocycles. The number of aliphatic carboxylic acids is 1. The third kappa shape index (κ3) is 5.92. The van der Waals surface area contributed by atoms with Gasteiger partial charge in [0.25, 0.3) is 0 Å². The van der Waals surface area contributed by atoms with E-state index < -0.39 is 5.97 Å². The van der Waals surface area contributed by atoms with Gasteiger partial charge in [-0.05, 0) is 59.2 Å². The van der Waals surface area contributed by atoms with Crippen LogP contribution in [-0.4, -0.2) is 27.2 Å². The summed E-state index contributed by atoms with van der Waals surface area (Å²) < 4.78 is 8.07. The average Bonchev–Trinajstić information content (AvgIpc) is 3.34. The van der Waals surface area contributed by atoms with Gasteiger partial charge in [-0.1, -0.05) is 91.0 Å². The van der Waals surface area contributed by atoms with Gasteiger partial charge >= 0.3 is 5.97 Å². The highest BCUT2D eigenvalue weighted by Crippen LogP contribution is 2.34. The minimum Gasteiger partial charge on any atom is -0.489 e. The van der Waals surface area contributed by atoms with E-state index in [2.05, 4.69) is 0 Å². The van der Waals surface area contributed by atoms with Crippen molar-refractivity contribution in [2.45, 2.75) is 20.1 Å². The molecule has 6 aromatic rings. The molecule has 0 saturated heterocycles. The molecule has 6 nitrogen and oxygen atoms in total. The third-order valence-corrected chi connectivity index (χ3v) is 7.65. The van der Waals surface area contributed by atoms with E-state index in [0.29, 0.717) is 46.7 Å². The van der Waals surface area contributed by atoms with Crippen molar-refractivity contribution in [3.63, 3.8) is 0 Å². The van der Waals surface area contributed by atoms with Crippen LogP contribution in [0.2, 0.25) is 0 Å². The van der Waals surface area contributed by atoms with Crippen LogP contribution in [0.3, 0.4) is 0 Å². The first-order chi connectivity index (χ1) is 21.4. The van der Waals surface area contributed by atoms with Gasteiger partial charge in [0.2, 0.25) is 0 Å². The lowest BCUT2D eigenvalue weighted by Gasteiger charge is -2.11. The molecule has 1 aromatic heterocycles. The summed E-state index contributed by atoms with van der Waals surface area (Å²) in [7, 11) is 0. The van der Waals surface area contributed by atoms with Crippen LogP contribution in [0.4, 0.5) is 0 Å². The Hall–Kier alpha value is -5.75. The molecule has 1 heterocycles. The van der Waals surface area contributed by atoms with Gasteiger partial charge in [-0.2, -0.15) is 0 Å². The van der Waals surface area contributed by atoms with Crippen molar-refractivity contribution in [1.29, 1.82) is 0 Å². The Bertz CT molecular complexity index is 2050. The van der Waals surface area contributed by atoms with Crippen molar-refractivity contribution >= 4 is 45.3 Å². The molecule has 0 aliphatic rings. The number of carboxylic acids is 1. The maximum atomic E-state index is 14.4. The van der Waals surface area contributed by atoms with Gasteiger partial charge in [-0.25, -0.2) is 4.79 Å². The van der Waals surface area contributed by atoms with E-state index in [1.807, 2.05) is 102 Å². The van der Waals surface area contributed by atoms with Crippen molar-refractivity contribution in [1.82, 2.24) is 4.57 Å². The summed E-state index contributed by atoms with van der Waals surface area (Å²) in [5.74, 6) is -0.787. The zero-order valence-electron chi connectivity index (χ0n) is 24.1. The number of aromatic nitrogens is 1. The maximum Gasteiger partial charge on any atom is 0.328 e. The van der Waals surface area contributed by atoms with Crippen LogP contribution in [0.25, 0.3) is 27.8 Å². The van der Waals surface area contributed by atoms with Crippen molar-refractivity contribution in [3.8, 4) is 5.75 Å². The van der Waals surface area contributed by atoms with E-state index in [9.17, 15) is 19.5 Å². The number of nitrogens with zero attached hydrogens (tertiary/aromatic N) is 1. The Morgan fingerprint density at radius 1 is 0.750 bits per heavy atom. The molecule has 0 saturated carbocycles. The Morgan fingerprint density at radius 2 is 1.45 bits per heavy atom. The molecule has 0 unspecified atom stereocenters. The third-order valence-electron chi connectivity index (χ3n) is 7.65. The number of benzene rings is 5. The summed E-state index contributed by atoms with van der Waals surface area (Å²) in [6.45, 7) is 2.23. The van der Waals surface area contributed by atoms with E-state index >= 15 is 0 Å². The fourth-order valence-corrected chi connectivity index (χ4v) is 5.42. The number of hydrogen-bond acceptors (Lipinski definition) is 4. The number of hydrogen-bond donors (Lipinski definition) is 1. The second kappa shape index (κ2) is 12.2. The molecule has 6 heteroatoms. The highest BCUT2D eigenvalue weighted by molar-refractivity contribution is 6.20. The fraction of sp³-hybridized carbons (Fsp3) is 0.0789. The molecule has 0 spiro atoms. The number of carbonyl (C=O) groups excluding carboxylic acids is 2. The topological polar surface area (TPSA) is 85.6 Å². The van der Waals surface area contributed by atoms with Gasteiger partial charge in [-0.3, -0.25) is 9.59 Å². The molecule has 5 aromatic carbocycles. The molecule has 44 heavy (non-hydrogen) atoms. The lowest BCUT2D eigenvalue weighted by atomic mass is 9.97. The molecule has 0 fully saturated rings. The molecule has 216 valence electrons. The maximum absolute atomic E-state index is 14.4. The molecule has 0 radical (unpaired) electrons. The number of rotatable bonds is 10. The molecular formula is C38H29NO5. The Labute approximate surface area is 254 Å². The minimum atomic E-state index is -1.12. The quantitative estimate of drug-likeness (QED) is 0.131. The Balaban J connectivity index is 1.52. The highest BCUT2D eigenvalue weighted by atomic mass is 16.5. The normalized spacial score (nSPS) is 11.3. The molecular weight excluding hydrogens is 550 g/mol. The van der Waals surface area contributed by atoms with E-state index in [1.165, 1.54) is 13.0 Å². The summed E-state index contributed by atoms with van der Waals surface area (Å²) in [4.78, 5) is 37.9. The standard InChI is InChI=1S/C38H29NO5/c1-25(40)28-13-11-26(12-14-28)23-39-34-18-17-32(44-24-27-7-3-2-4-8-27)22-33(34)37(35(39)19-20-36(41)42)38(43)31-16-15-29-9-5-6-10-30(29)21-31/h2-22H,23-24H2,1H3,(H,41,42)/b20-19+.